The summed E-state index contributed by atoms with van der Waals surface area (Å²) in [4.78, 5) is 25.3. The molecule has 1 saturated carbocycles. The SMILES string of the molecule is Cc1ccc(S(=O)(=O)n2ccc3c(N(C)C4CC5CN(C(=O)Nc6nc(CO)ns6)CC5C4)c(C#N)cnc32)cc1. The smallest absolute Gasteiger partial charge is 0.323 e. The molecular weight excluding hydrogens is 564 g/mol. The van der Waals surface area contributed by atoms with Crippen LogP contribution >= 0.6 is 11.5 Å². The van der Waals surface area contributed by atoms with Crippen LogP contribution in [-0.4, -0.2) is 68.9 Å². The van der Waals surface area contributed by atoms with E-state index in [4.69, 9.17) is 5.11 Å². The fourth-order valence-electron chi connectivity index (χ4n) is 6.00. The van der Waals surface area contributed by atoms with Gasteiger partial charge in [0.25, 0.3) is 10.0 Å². The van der Waals surface area contributed by atoms with Gasteiger partial charge in [-0.3, -0.25) is 5.32 Å². The Kier molecular flexibility index (Phi) is 6.88. The fraction of sp³-hybridized carbons (Fsp3) is 0.370. The van der Waals surface area contributed by atoms with Gasteiger partial charge < -0.3 is 14.9 Å². The third-order valence-corrected chi connectivity index (χ3v) is 10.4. The predicted molar refractivity (Wildman–Crippen MR) is 153 cm³/mol. The van der Waals surface area contributed by atoms with E-state index in [1.165, 1.54) is 16.4 Å². The number of pyridine rings is 1. The molecular formula is C27H28N8O4S2. The standard InChI is InChI=1S/C27H28N8O4S2/c1-16-3-5-21(6-4-16)41(38,39)35-8-7-22-24(19(11-28)12-29-25(22)35)33(2)20-9-17-13-34(14-18(17)10-20)27(37)31-26-30-23(15-36)32-40-26/h3-8,12,17-18,20,36H,9-10,13-15H2,1-2H3,(H,30,31,32,37). The van der Waals surface area contributed by atoms with Gasteiger partial charge in [0.05, 0.1) is 16.1 Å². The van der Waals surface area contributed by atoms with Gasteiger partial charge in [-0.25, -0.2) is 27.2 Å². The van der Waals surface area contributed by atoms with Gasteiger partial charge in [0.15, 0.2) is 11.5 Å². The second-order valence-electron chi connectivity index (χ2n) is 10.6. The first kappa shape index (κ1) is 27.1. The van der Waals surface area contributed by atoms with E-state index in [9.17, 15) is 18.5 Å². The number of aromatic nitrogens is 4. The minimum Gasteiger partial charge on any atom is -0.388 e. The summed E-state index contributed by atoms with van der Waals surface area (Å²) in [5.74, 6) is 0.870. The largest absolute Gasteiger partial charge is 0.388 e. The number of likely N-dealkylation sites (tertiary alicyclic amines) is 1. The molecule has 212 valence electrons. The van der Waals surface area contributed by atoms with Gasteiger partial charge in [-0.05, 0) is 49.8 Å². The highest BCUT2D eigenvalue weighted by atomic mass is 32.2. The molecule has 0 bridgehead atoms. The number of urea groups is 1. The average molecular weight is 593 g/mol. The van der Waals surface area contributed by atoms with Crippen molar-refractivity contribution in [1.82, 2.24) is 23.2 Å². The van der Waals surface area contributed by atoms with Crippen LogP contribution in [0.3, 0.4) is 0 Å². The van der Waals surface area contributed by atoms with Crippen molar-refractivity contribution in [1.29, 1.82) is 5.26 Å². The Bertz CT molecular complexity index is 1760. The molecule has 2 N–H and O–H groups in total. The number of hydrogen-bond donors (Lipinski definition) is 2. The van der Waals surface area contributed by atoms with Gasteiger partial charge in [-0.1, -0.05) is 17.7 Å². The predicted octanol–water partition coefficient (Wildman–Crippen LogP) is 3.18. The molecule has 12 nitrogen and oxygen atoms in total. The molecule has 2 amide bonds. The second-order valence-corrected chi connectivity index (χ2v) is 13.1. The van der Waals surface area contributed by atoms with Crippen LogP contribution in [0, 0.1) is 30.1 Å². The lowest BCUT2D eigenvalue weighted by Crippen LogP contribution is -2.36. The van der Waals surface area contributed by atoms with E-state index < -0.39 is 10.0 Å². The Morgan fingerprint density at radius 2 is 1.93 bits per heavy atom. The summed E-state index contributed by atoms with van der Waals surface area (Å²) in [6.07, 6.45) is 4.59. The van der Waals surface area contributed by atoms with Crippen LogP contribution in [0.1, 0.15) is 29.8 Å². The molecule has 4 heterocycles. The van der Waals surface area contributed by atoms with Gasteiger partial charge in [0, 0.05) is 55.5 Å². The van der Waals surface area contributed by atoms with Crippen molar-refractivity contribution in [3.63, 3.8) is 0 Å². The molecule has 1 aliphatic heterocycles. The summed E-state index contributed by atoms with van der Waals surface area (Å²) in [6, 6.07) is 10.5. The molecule has 1 aliphatic carbocycles. The van der Waals surface area contributed by atoms with Crippen molar-refractivity contribution in [2.75, 3.05) is 30.4 Å². The van der Waals surface area contributed by atoms with Gasteiger partial charge in [0.2, 0.25) is 5.13 Å². The lowest BCUT2D eigenvalue weighted by atomic mass is 10.0. The number of aryl methyl sites for hydroxylation is 1. The number of carbonyl (C=O) groups excluding carboxylic acids is 1. The van der Waals surface area contributed by atoms with E-state index in [1.54, 1.807) is 35.2 Å². The molecule has 2 aliphatic rings. The molecule has 4 aromatic rings. The Morgan fingerprint density at radius 3 is 2.56 bits per heavy atom. The first-order valence-electron chi connectivity index (χ1n) is 13.1. The zero-order valence-corrected chi connectivity index (χ0v) is 24.1. The quantitative estimate of drug-likeness (QED) is 0.343. The van der Waals surface area contributed by atoms with Crippen molar-refractivity contribution >= 4 is 49.4 Å². The van der Waals surface area contributed by atoms with Crippen LogP contribution < -0.4 is 10.2 Å². The Labute approximate surface area is 241 Å². The summed E-state index contributed by atoms with van der Waals surface area (Å²) in [7, 11) is -1.94. The van der Waals surface area contributed by atoms with E-state index in [-0.39, 0.29) is 35.0 Å². The average Bonchev–Trinajstić information content (AvgIpc) is 3.75. The first-order chi connectivity index (χ1) is 19.7. The van der Waals surface area contributed by atoms with Crippen LogP contribution in [0.25, 0.3) is 11.0 Å². The molecule has 3 aromatic heterocycles. The number of aliphatic hydroxyl groups excluding tert-OH is 1. The monoisotopic (exact) mass is 592 g/mol. The van der Waals surface area contributed by atoms with Crippen LogP contribution in [0.5, 0.6) is 0 Å². The number of carbonyl (C=O) groups is 1. The lowest BCUT2D eigenvalue weighted by Gasteiger charge is -2.29. The number of nitrogens with zero attached hydrogens (tertiary/aromatic N) is 7. The van der Waals surface area contributed by atoms with Crippen molar-refractivity contribution in [3.8, 4) is 6.07 Å². The highest BCUT2D eigenvalue weighted by Crippen LogP contribution is 2.43. The molecule has 2 unspecified atom stereocenters. The number of nitriles is 1. The molecule has 6 rings (SSSR count). The number of benzene rings is 1. The maximum atomic E-state index is 13.5. The highest BCUT2D eigenvalue weighted by Gasteiger charge is 2.44. The minimum absolute atomic E-state index is 0.111. The van der Waals surface area contributed by atoms with E-state index in [2.05, 4.69) is 30.6 Å². The van der Waals surface area contributed by atoms with E-state index in [1.807, 2.05) is 14.0 Å². The molecule has 2 atom stereocenters. The third kappa shape index (κ3) is 4.79. The second kappa shape index (κ2) is 10.4. The third-order valence-electron chi connectivity index (χ3n) is 8.09. The molecule has 1 saturated heterocycles. The summed E-state index contributed by atoms with van der Waals surface area (Å²) in [5, 5.41) is 22.8. The lowest BCUT2D eigenvalue weighted by molar-refractivity contribution is 0.218. The highest BCUT2D eigenvalue weighted by molar-refractivity contribution is 7.90. The molecule has 0 spiro atoms. The van der Waals surface area contributed by atoms with Gasteiger partial charge >= 0.3 is 6.03 Å². The van der Waals surface area contributed by atoms with E-state index >= 15 is 0 Å². The van der Waals surface area contributed by atoms with Gasteiger partial charge in [-0.2, -0.15) is 9.64 Å². The molecule has 1 aromatic carbocycles. The molecule has 14 heteroatoms. The van der Waals surface area contributed by atoms with Crippen LogP contribution in [0.2, 0.25) is 0 Å². The van der Waals surface area contributed by atoms with Crippen LogP contribution in [0.4, 0.5) is 15.6 Å². The normalized spacial score (nSPS) is 20.2. The first-order valence-corrected chi connectivity index (χ1v) is 15.4. The Balaban J connectivity index is 1.21. The summed E-state index contributed by atoms with van der Waals surface area (Å²) in [5.41, 5.74) is 2.27. The van der Waals surface area contributed by atoms with Crippen molar-refractivity contribution in [2.24, 2.45) is 11.8 Å². The topological polar surface area (TPSA) is 157 Å². The Hall–Kier alpha value is -4.06. The van der Waals surface area contributed by atoms with Gasteiger partial charge in [-0.15, -0.1) is 0 Å². The van der Waals surface area contributed by atoms with Gasteiger partial charge in [0.1, 0.15) is 12.7 Å². The van der Waals surface area contributed by atoms with Crippen LogP contribution in [0.15, 0.2) is 47.6 Å². The number of rotatable bonds is 6. The number of fused-ring (bicyclic) bond motifs is 2. The maximum absolute atomic E-state index is 13.5. The minimum atomic E-state index is -3.88. The van der Waals surface area contributed by atoms with Crippen molar-refractivity contribution in [3.05, 3.63) is 59.7 Å². The van der Waals surface area contributed by atoms with E-state index in [0.717, 1.165) is 29.9 Å². The van der Waals surface area contributed by atoms with Crippen molar-refractivity contribution in [2.45, 2.75) is 37.3 Å². The molecule has 41 heavy (non-hydrogen) atoms. The summed E-state index contributed by atoms with van der Waals surface area (Å²) < 4.78 is 32.1. The molecule has 0 radical (unpaired) electrons. The maximum Gasteiger partial charge on any atom is 0.323 e. The number of amides is 2. The number of hydrogen-bond acceptors (Lipinski definition) is 10. The zero-order valence-electron chi connectivity index (χ0n) is 22.4. The number of aliphatic hydroxyl groups is 1. The van der Waals surface area contributed by atoms with Crippen LogP contribution in [-0.2, 0) is 16.6 Å². The summed E-state index contributed by atoms with van der Waals surface area (Å²) >= 11 is 1.03. The number of nitrogens with one attached hydrogen (secondary N) is 1. The van der Waals surface area contributed by atoms with Crippen molar-refractivity contribution < 1.29 is 18.3 Å². The zero-order chi connectivity index (χ0) is 28.9. The molecule has 2 fully saturated rings. The Morgan fingerprint density at radius 1 is 1.22 bits per heavy atom. The fourth-order valence-corrected chi connectivity index (χ4v) is 7.87. The number of anilines is 2. The van der Waals surface area contributed by atoms with E-state index in [0.29, 0.717) is 46.7 Å². The summed E-state index contributed by atoms with van der Waals surface area (Å²) in [6.45, 7) is 2.83.